The van der Waals surface area contributed by atoms with Gasteiger partial charge in [0.1, 0.15) is 11.3 Å². The SMILES string of the molecule is CC(CO)C12CC(NC(=O)c3cc4cccc(-c5ccccc5OCC(F)(F)F)c4o3)(C1)C2. The lowest BCUT2D eigenvalue weighted by atomic mass is 9.36. The zero-order valence-corrected chi connectivity index (χ0v) is 18.0. The summed E-state index contributed by atoms with van der Waals surface area (Å²) in [6, 6.07) is 13.4. The van der Waals surface area contributed by atoms with Crippen LogP contribution in [0.1, 0.15) is 36.7 Å². The molecule has 0 aliphatic heterocycles. The maximum absolute atomic E-state index is 12.9. The minimum atomic E-state index is -4.45. The van der Waals surface area contributed by atoms with E-state index in [9.17, 15) is 23.1 Å². The Morgan fingerprint density at radius 3 is 2.55 bits per heavy atom. The van der Waals surface area contributed by atoms with Crippen molar-refractivity contribution in [2.24, 2.45) is 11.3 Å². The van der Waals surface area contributed by atoms with Gasteiger partial charge in [-0.3, -0.25) is 4.79 Å². The van der Waals surface area contributed by atoms with Crippen LogP contribution in [0, 0.1) is 11.3 Å². The second-order valence-corrected chi connectivity index (χ2v) is 9.45. The van der Waals surface area contributed by atoms with Crippen molar-refractivity contribution in [2.45, 2.75) is 37.9 Å². The highest BCUT2D eigenvalue weighted by atomic mass is 19.4. The van der Waals surface area contributed by atoms with E-state index in [4.69, 9.17) is 9.15 Å². The van der Waals surface area contributed by atoms with Crippen molar-refractivity contribution in [1.82, 2.24) is 5.32 Å². The molecule has 1 aromatic heterocycles. The number of rotatable bonds is 7. The molecule has 0 spiro atoms. The Labute approximate surface area is 188 Å². The molecule has 3 fully saturated rings. The molecule has 1 heterocycles. The van der Waals surface area contributed by atoms with Crippen LogP contribution >= 0.6 is 0 Å². The minimum absolute atomic E-state index is 0.0851. The number of hydrogen-bond donors (Lipinski definition) is 2. The summed E-state index contributed by atoms with van der Waals surface area (Å²) in [7, 11) is 0. The Bertz CT molecular complexity index is 1200. The summed E-state index contributed by atoms with van der Waals surface area (Å²) in [5.41, 5.74) is 1.30. The molecular formula is C25H24F3NO4. The van der Waals surface area contributed by atoms with Gasteiger partial charge in [0, 0.05) is 28.7 Å². The number of hydrogen-bond acceptors (Lipinski definition) is 4. The molecular weight excluding hydrogens is 435 g/mol. The van der Waals surface area contributed by atoms with Crippen LogP contribution in [-0.2, 0) is 0 Å². The number of ether oxygens (including phenoxy) is 1. The molecule has 2 bridgehead atoms. The fourth-order valence-electron chi connectivity index (χ4n) is 5.38. The van der Waals surface area contributed by atoms with Gasteiger partial charge in [0.2, 0.25) is 0 Å². The first-order valence-corrected chi connectivity index (χ1v) is 10.9. The summed E-state index contributed by atoms with van der Waals surface area (Å²) in [4.78, 5) is 12.9. The number of para-hydroxylation sites is 2. The number of furan rings is 1. The van der Waals surface area contributed by atoms with Crippen molar-refractivity contribution >= 4 is 16.9 Å². The normalized spacial score (nSPS) is 24.6. The highest BCUT2D eigenvalue weighted by Gasteiger charge is 2.70. The number of fused-ring (bicyclic) bond motifs is 1. The third kappa shape index (κ3) is 3.76. The van der Waals surface area contributed by atoms with Crippen molar-refractivity contribution in [2.75, 3.05) is 13.2 Å². The standard InChI is InChI=1S/C25H24F3NO4/c1-15(10-30)23-11-24(12-23,13-23)29-22(31)20-9-16-5-4-7-18(21(16)33-20)17-6-2-3-8-19(17)32-14-25(26,27)28/h2-9,15,30H,10-14H2,1H3,(H,29,31). The molecule has 8 heteroatoms. The number of halogens is 3. The van der Waals surface area contributed by atoms with E-state index in [-0.39, 0.29) is 40.9 Å². The van der Waals surface area contributed by atoms with E-state index < -0.39 is 12.8 Å². The lowest BCUT2D eigenvalue weighted by Crippen LogP contribution is -2.76. The number of aliphatic hydroxyl groups excluding tert-OH is 1. The lowest BCUT2D eigenvalue weighted by molar-refractivity contribution is -0.188. The monoisotopic (exact) mass is 459 g/mol. The first-order chi connectivity index (χ1) is 15.6. The van der Waals surface area contributed by atoms with Gasteiger partial charge in [-0.1, -0.05) is 43.3 Å². The maximum Gasteiger partial charge on any atom is 0.422 e. The number of aliphatic hydroxyl groups is 1. The minimum Gasteiger partial charge on any atom is -0.483 e. The first-order valence-electron chi connectivity index (χ1n) is 10.9. The molecule has 5 nitrogen and oxygen atoms in total. The third-order valence-corrected chi connectivity index (χ3v) is 7.11. The van der Waals surface area contributed by atoms with E-state index in [1.54, 1.807) is 42.5 Å². The van der Waals surface area contributed by atoms with E-state index in [0.29, 0.717) is 22.1 Å². The molecule has 3 saturated carbocycles. The van der Waals surface area contributed by atoms with Gasteiger partial charge in [-0.25, -0.2) is 0 Å². The summed E-state index contributed by atoms with van der Waals surface area (Å²) in [5, 5.41) is 13.2. The Balaban J connectivity index is 1.39. The summed E-state index contributed by atoms with van der Waals surface area (Å²) in [6.07, 6.45) is -1.90. The van der Waals surface area contributed by atoms with Crippen molar-refractivity contribution in [1.29, 1.82) is 0 Å². The molecule has 0 saturated heterocycles. The van der Waals surface area contributed by atoms with Crippen LogP contribution in [0.2, 0.25) is 0 Å². The van der Waals surface area contributed by atoms with Gasteiger partial charge in [0.25, 0.3) is 5.91 Å². The quantitative estimate of drug-likeness (QED) is 0.502. The number of carbonyl (C=O) groups excluding carboxylic acids is 1. The molecule has 1 atom stereocenters. The van der Waals surface area contributed by atoms with Crippen LogP contribution < -0.4 is 10.1 Å². The lowest BCUT2D eigenvalue weighted by Gasteiger charge is -2.72. The van der Waals surface area contributed by atoms with E-state index in [0.717, 1.165) is 19.3 Å². The van der Waals surface area contributed by atoms with Crippen molar-refractivity contribution < 1.29 is 32.2 Å². The number of nitrogens with one attached hydrogen (secondary N) is 1. The summed E-state index contributed by atoms with van der Waals surface area (Å²) >= 11 is 0. The number of alkyl halides is 3. The molecule has 3 aliphatic carbocycles. The zero-order chi connectivity index (χ0) is 23.4. The van der Waals surface area contributed by atoms with Crippen molar-refractivity contribution in [3.63, 3.8) is 0 Å². The molecule has 2 N–H and O–H groups in total. The highest BCUT2D eigenvalue weighted by Crippen LogP contribution is 2.70. The molecule has 174 valence electrons. The van der Waals surface area contributed by atoms with Gasteiger partial charge in [0.05, 0.1) is 0 Å². The van der Waals surface area contributed by atoms with Crippen LogP contribution in [0.25, 0.3) is 22.1 Å². The second-order valence-electron chi connectivity index (χ2n) is 9.45. The van der Waals surface area contributed by atoms with E-state index in [2.05, 4.69) is 5.32 Å². The Morgan fingerprint density at radius 2 is 1.85 bits per heavy atom. The van der Waals surface area contributed by atoms with E-state index >= 15 is 0 Å². The number of amides is 1. The zero-order valence-electron chi connectivity index (χ0n) is 18.0. The molecule has 0 radical (unpaired) electrons. The largest absolute Gasteiger partial charge is 0.483 e. The summed E-state index contributed by atoms with van der Waals surface area (Å²) in [5.74, 6) is 0.135. The van der Waals surface area contributed by atoms with E-state index in [1.165, 1.54) is 6.07 Å². The van der Waals surface area contributed by atoms with Gasteiger partial charge in [-0.15, -0.1) is 0 Å². The first kappa shape index (κ1) is 21.8. The van der Waals surface area contributed by atoms with Gasteiger partial charge >= 0.3 is 6.18 Å². The van der Waals surface area contributed by atoms with Crippen molar-refractivity contribution in [3.8, 4) is 16.9 Å². The highest BCUT2D eigenvalue weighted by molar-refractivity contribution is 6.01. The van der Waals surface area contributed by atoms with Gasteiger partial charge in [-0.2, -0.15) is 13.2 Å². The van der Waals surface area contributed by atoms with Gasteiger partial charge in [0.15, 0.2) is 12.4 Å². The predicted octanol–water partition coefficient (Wildman–Crippen LogP) is 5.32. The molecule has 1 unspecified atom stereocenters. The maximum atomic E-state index is 12.9. The van der Waals surface area contributed by atoms with Crippen LogP contribution in [0.5, 0.6) is 5.75 Å². The van der Waals surface area contributed by atoms with E-state index in [1.807, 2.05) is 6.92 Å². The molecule has 3 aliphatic rings. The number of benzene rings is 2. The Morgan fingerprint density at radius 1 is 1.15 bits per heavy atom. The third-order valence-electron chi connectivity index (χ3n) is 7.11. The predicted molar refractivity (Wildman–Crippen MR) is 116 cm³/mol. The topological polar surface area (TPSA) is 71.7 Å². The Hall–Kier alpha value is -3.00. The van der Waals surface area contributed by atoms with Crippen LogP contribution in [0.15, 0.2) is 52.9 Å². The average molecular weight is 459 g/mol. The van der Waals surface area contributed by atoms with Crippen LogP contribution in [0.4, 0.5) is 13.2 Å². The van der Waals surface area contributed by atoms with Gasteiger partial charge in [-0.05, 0) is 42.7 Å². The smallest absolute Gasteiger partial charge is 0.422 e. The van der Waals surface area contributed by atoms with Gasteiger partial charge < -0.3 is 19.6 Å². The van der Waals surface area contributed by atoms with Crippen LogP contribution in [-0.4, -0.2) is 35.9 Å². The molecule has 2 aromatic carbocycles. The molecule has 33 heavy (non-hydrogen) atoms. The fraction of sp³-hybridized carbons (Fsp3) is 0.400. The summed E-state index contributed by atoms with van der Waals surface area (Å²) < 4.78 is 49.0. The average Bonchev–Trinajstić information content (AvgIpc) is 3.17. The fourth-order valence-corrected chi connectivity index (χ4v) is 5.38. The number of carbonyl (C=O) groups is 1. The van der Waals surface area contributed by atoms with Crippen LogP contribution in [0.3, 0.4) is 0 Å². The molecule has 3 aromatic rings. The summed E-state index contributed by atoms with van der Waals surface area (Å²) in [6.45, 7) is 0.775. The second kappa shape index (κ2) is 7.52. The van der Waals surface area contributed by atoms with Crippen molar-refractivity contribution in [3.05, 3.63) is 54.3 Å². The molecule has 6 rings (SSSR count). The molecule has 1 amide bonds. The Kier molecular flexibility index (Phi) is 4.97.